The van der Waals surface area contributed by atoms with Crippen LogP contribution in [0.5, 0.6) is 0 Å². The first-order chi connectivity index (χ1) is 10.6. The van der Waals surface area contributed by atoms with Crippen molar-refractivity contribution in [3.05, 3.63) is 58.5 Å². The summed E-state index contributed by atoms with van der Waals surface area (Å²) in [5.74, 6) is 0.542. The zero-order chi connectivity index (χ0) is 15.5. The molecule has 1 aromatic heterocycles. The number of hydrogen-bond acceptors (Lipinski definition) is 4. The summed E-state index contributed by atoms with van der Waals surface area (Å²) < 4.78 is 1.59. The molecule has 1 unspecified atom stereocenters. The number of carbonyl (C=O) groups is 1. The van der Waals surface area contributed by atoms with Crippen LogP contribution >= 0.6 is 11.8 Å². The van der Waals surface area contributed by atoms with Crippen molar-refractivity contribution in [3.63, 3.8) is 0 Å². The van der Waals surface area contributed by atoms with Crippen LogP contribution in [-0.2, 0) is 17.9 Å². The summed E-state index contributed by atoms with van der Waals surface area (Å²) in [7, 11) is 1.81. The van der Waals surface area contributed by atoms with Gasteiger partial charge in [0.15, 0.2) is 5.16 Å². The molecule has 2 heterocycles. The Bertz CT molecular complexity index is 730. The van der Waals surface area contributed by atoms with Gasteiger partial charge >= 0.3 is 0 Å². The Balaban J connectivity index is 1.71. The monoisotopic (exact) mass is 315 g/mol. The van der Waals surface area contributed by atoms with Crippen LogP contribution in [0, 0.1) is 5.92 Å². The molecule has 1 aliphatic rings. The van der Waals surface area contributed by atoms with E-state index in [9.17, 15) is 9.59 Å². The maximum Gasteiger partial charge on any atom is 0.254 e. The molecule has 0 bridgehead atoms. The summed E-state index contributed by atoms with van der Waals surface area (Å²) in [5.41, 5.74) is 1.00. The SMILES string of the molecule is CN(Cc1ccccc1)C(=O)C1CSc2nccc(=O)n2C1. The molecule has 6 heteroatoms. The summed E-state index contributed by atoms with van der Waals surface area (Å²) in [4.78, 5) is 30.4. The summed E-state index contributed by atoms with van der Waals surface area (Å²) >= 11 is 1.47. The fourth-order valence-electron chi connectivity index (χ4n) is 2.55. The standard InChI is InChI=1S/C16H17N3O2S/c1-18(9-12-5-3-2-4-6-12)15(21)13-10-19-14(20)7-8-17-16(19)22-11-13/h2-8,13H,9-11H2,1H3. The topological polar surface area (TPSA) is 55.2 Å². The molecule has 0 radical (unpaired) electrons. The van der Waals surface area contributed by atoms with Crippen LogP contribution < -0.4 is 5.56 Å². The van der Waals surface area contributed by atoms with Gasteiger partial charge in [-0.15, -0.1) is 0 Å². The van der Waals surface area contributed by atoms with E-state index in [-0.39, 0.29) is 17.4 Å². The lowest BCUT2D eigenvalue weighted by molar-refractivity contribution is -0.134. The Labute approximate surface area is 133 Å². The molecule has 0 aliphatic carbocycles. The van der Waals surface area contributed by atoms with Crippen LogP contribution in [0.15, 0.2) is 52.5 Å². The molecule has 3 rings (SSSR count). The molecular formula is C16H17N3O2S. The first kappa shape index (κ1) is 14.8. The largest absolute Gasteiger partial charge is 0.341 e. The Morgan fingerprint density at radius 3 is 2.91 bits per heavy atom. The Morgan fingerprint density at radius 2 is 2.14 bits per heavy atom. The van der Waals surface area contributed by atoms with Gasteiger partial charge in [0, 0.05) is 38.2 Å². The highest BCUT2D eigenvalue weighted by atomic mass is 32.2. The molecule has 1 aliphatic heterocycles. The highest BCUT2D eigenvalue weighted by Gasteiger charge is 2.28. The fraction of sp³-hybridized carbons (Fsp3) is 0.312. The molecule has 0 saturated heterocycles. The highest BCUT2D eigenvalue weighted by molar-refractivity contribution is 7.99. The number of nitrogens with zero attached hydrogens (tertiary/aromatic N) is 3. The van der Waals surface area contributed by atoms with Crippen LogP contribution in [-0.4, -0.2) is 33.2 Å². The Kier molecular flexibility index (Phi) is 4.29. The second-order valence-corrected chi connectivity index (χ2v) is 6.35. The molecule has 1 atom stereocenters. The molecule has 0 saturated carbocycles. The number of fused-ring (bicyclic) bond motifs is 1. The van der Waals surface area contributed by atoms with Crippen molar-refractivity contribution < 1.29 is 4.79 Å². The molecule has 114 valence electrons. The minimum atomic E-state index is -0.187. The molecule has 5 nitrogen and oxygen atoms in total. The van der Waals surface area contributed by atoms with E-state index in [0.29, 0.717) is 24.0 Å². The summed E-state index contributed by atoms with van der Waals surface area (Å²) in [5, 5.41) is 0.697. The normalized spacial score (nSPS) is 16.9. The number of hydrogen-bond donors (Lipinski definition) is 0. The predicted molar refractivity (Wildman–Crippen MR) is 85.6 cm³/mol. The van der Waals surface area contributed by atoms with Crippen LogP contribution in [0.4, 0.5) is 0 Å². The van der Waals surface area contributed by atoms with E-state index in [4.69, 9.17) is 0 Å². The minimum absolute atomic E-state index is 0.0674. The number of rotatable bonds is 3. The van der Waals surface area contributed by atoms with Gasteiger partial charge in [-0.25, -0.2) is 4.98 Å². The van der Waals surface area contributed by atoms with Gasteiger partial charge in [0.2, 0.25) is 5.91 Å². The van der Waals surface area contributed by atoms with Crippen LogP contribution in [0.1, 0.15) is 5.56 Å². The van der Waals surface area contributed by atoms with Crippen molar-refractivity contribution in [1.29, 1.82) is 0 Å². The van der Waals surface area contributed by atoms with Gasteiger partial charge in [-0.3, -0.25) is 14.2 Å². The zero-order valence-corrected chi connectivity index (χ0v) is 13.1. The van der Waals surface area contributed by atoms with Crippen LogP contribution in [0.25, 0.3) is 0 Å². The lowest BCUT2D eigenvalue weighted by atomic mass is 10.1. The van der Waals surface area contributed by atoms with Crippen molar-refractivity contribution in [1.82, 2.24) is 14.5 Å². The first-order valence-electron chi connectivity index (χ1n) is 7.12. The second-order valence-electron chi connectivity index (χ2n) is 5.36. The predicted octanol–water partition coefficient (Wildman–Crippen LogP) is 1.62. The molecule has 0 fully saturated rings. The highest BCUT2D eigenvalue weighted by Crippen LogP contribution is 2.25. The number of carbonyl (C=O) groups excluding carboxylic acids is 1. The summed E-state index contributed by atoms with van der Waals surface area (Å²) in [6, 6.07) is 11.3. The summed E-state index contributed by atoms with van der Waals surface area (Å²) in [6.45, 7) is 0.989. The number of amides is 1. The van der Waals surface area contributed by atoms with Gasteiger partial charge in [-0.1, -0.05) is 42.1 Å². The molecule has 1 aromatic carbocycles. The molecule has 2 aromatic rings. The van der Waals surface area contributed by atoms with E-state index in [1.54, 1.807) is 9.47 Å². The lowest BCUT2D eigenvalue weighted by Gasteiger charge is -2.27. The maximum absolute atomic E-state index is 12.6. The van der Waals surface area contributed by atoms with Gasteiger partial charge < -0.3 is 4.90 Å². The quantitative estimate of drug-likeness (QED) is 0.808. The van der Waals surface area contributed by atoms with Crippen molar-refractivity contribution in [2.24, 2.45) is 5.92 Å². The average molecular weight is 315 g/mol. The molecule has 0 spiro atoms. The van der Waals surface area contributed by atoms with Crippen LogP contribution in [0.2, 0.25) is 0 Å². The molecule has 1 amide bonds. The van der Waals surface area contributed by atoms with E-state index in [1.165, 1.54) is 24.0 Å². The first-order valence-corrected chi connectivity index (χ1v) is 8.11. The van der Waals surface area contributed by atoms with E-state index >= 15 is 0 Å². The van der Waals surface area contributed by atoms with E-state index < -0.39 is 0 Å². The fourth-order valence-corrected chi connectivity index (χ4v) is 3.60. The smallest absolute Gasteiger partial charge is 0.254 e. The molecule has 0 N–H and O–H groups in total. The van der Waals surface area contributed by atoms with Gasteiger partial charge in [-0.05, 0) is 5.56 Å². The number of thioether (sulfide) groups is 1. The molecule has 22 heavy (non-hydrogen) atoms. The maximum atomic E-state index is 12.6. The lowest BCUT2D eigenvalue weighted by Crippen LogP contribution is -2.40. The third-order valence-electron chi connectivity index (χ3n) is 3.70. The minimum Gasteiger partial charge on any atom is -0.341 e. The van der Waals surface area contributed by atoms with E-state index in [2.05, 4.69) is 4.98 Å². The molecular weight excluding hydrogens is 298 g/mol. The van der Waals surface area contributed by atoms with Gasteiger partial charge in [0.1, 0.15) is 0 Å². The van der Waals surface area contributed by atoms with Crippen molar-refractivity contribution in [3.8, 4) is 0 Å². The third kappa shape index (κ3) is 3.06. The van der Waals surface area contributed by atoms with Crippen molar-refractivity contribution >= 4 is 17.7 Å². The average Bonchev–Trinajstić information content (AvgIpc) is 2.55. The zero-order valence-electron chi connectivity index (χ0n) is 12.3. The van der Waals surface area contributed by atoms with Crippen molar-refractivity contribution in [2.45, 2.75) is 18.2 Å². The Morgan fingerprint density at radius 1 is 1.36 bits per heavy atom. The number of aromatic nitrogens is 2. The van der Waals surface area contributed by atoms with Gasteiger partial charge in [-0.2, -0.15) is 0 Å². The van der Waals surface area contributed by atoms with Gasteiger partial charge in [0.25, 0.3) is 5.56 Å². The summed E-state index contributed by atoms with van der Waals surface area (Å²) in [6.07, 6.45) is 1.52. The van der Waals surface area contributed by atoms with E-state index in [1.807, 2.05) is 37.4 Å². The van der Waals surface area contributed by atoms with Crippen molar-refractivity contribution in [2.75, 3.05) is 12.8 Å². The number of benzene rings is 1. The van der Waals surface area contributed by atoms with Crippen LogP contribution in [0.3, 0.4) is 0 Å². The third-order valence-corrected chi connectivity index (χ3v) is 4.86. The van der Waals surface area contributed by atoms with Gasteiger partial charge in [0.05, 0.1) is 5.92 Å². The second kappa shape index (κ2) is 6.36. The van der Waals surface area contributed by atoms with E-state index in [0.717, 1.165) is 5.56 Å². The Hall–Kier alpha value is -2.08.